The van der Waals surface area contributed by atoms with E-state index in [9.17, 15) is 0 Å². The maximum atomic E-state index is 1.70. The Morgan fingerprint density at radius 2 is 0.345 bits per heavy atom. The average Bonchev–Trinajstić information content (AvgIpc) is 3.30. The van der Waals surface area contributed by atoms with Gasteiger partial charge in [-0.05, 0) is 221 Å². The maximum Gasteiger partial charge on any atom is -0.0323 e. The van der Waals surface area contributed by atoms with E-state index in [1.165, 1.54) is 0 Å². The van der Waals surface area contributed by atoms with Gasteiger partial charge in [0.1, 0.15) is 0 Å². The van der Waals surface area contributed by atoms with Crippen molar-refractivity contribution in [2.24, 2.45) is 118 Å². The molecular weight excluding hydrogens is 697 g/mol. The van der Waals surface area contributed by atoms with Gasteiger partial charge in [0.25, 0.3) is 0 Å². The third kappa shape index (κ3) is 8.40. The lowest BCUT2D eigenvalue weighted by Crippen LogP contribution is -2.55. The average molecular weight is 793 g/mol. The second-order valence-corrected chi connectivity index (χ2v) is 25.9. The summed E-state index contributed by atoms with van der Waals surface area (Å²) in [7, 11) is 0. The van der Waals surface area contributed by atoms with Crippen molar-refractivity contribution < 1.29 is 0 Å². The molecule has 11 rings (SSSR count). The van der Waals surface area contributed by atoms with Crippen molar-refractivity contribution >= 4 is 0 Å². The Morgan fingerprint density at radius 1 is 0.138 bits per heavy atom. The van der Waals surface area contributed by atoms with E-state index in [-0.39, 0.29) is 0 Å². The molecular formula is C58H96. The molecule has 0 aromatic rings. The van der Waals surface area contributed by atoms with Gasteiger partial charge < -0.3 is 0 Å². The van der Waals surface area contributed by atoms with Gasteiger partial charge in [0.05, 0.1) is 0 Å². The van der Waals surface area contributed by atoms with Gasteiger partial charge in [0, 0.05) is 0 Å². The standard InChI is InChI=1S/C58H96/c1-3-15-39(16-4-1)47-33-49(45-29-27-41-19-7-9-21-43(41)31-45)37-51(35-47)57-53-23-11-13-25-55(53)58(56-26-14-12-24-54(56)57)52-36-48(40-17-5-2-6-18-40)34-50(38-52)46-30-28-42-20-8-10-22-44(42)32-46/h39-58H,1-38H2. The zero-order chi connectivity index (χ0) is 38.4. The van der Waals surface area contributed by atoms with Gasteiger partial charge in [-0.3, -0.25) is 0 Å². The fourth-order valence-corrected chi connectivity index (χ4v) is 21.3. The molecule has 11 fully saturated rings. The van der Waals surface area contributed by atoms with Crippen LogP contribution in [0.1, 0.15) is 244 Å². The molecule has 0 aliphatic heterocycles. The van der Waals surface area contributed by atoms with Gasteiger partial charge >= 0.3 is 0 Å². The molecule has 0 radical (unpaired) electrons. The van der Waals surface area contributed by atoms with Crippen LogP contribution in [0.3, 0.4) is 0 Å². The van der Waals surface area contributed by atoms with Gasteiger partial charge in [-0.2, -0.15) is 0 Å². The Labute approximate surface area is 360 Å². The van der Waals surface area contributed by atoms with Gasteiger partial charge in [-0.1, -0.05) is 141 Å². The highest BCUT2D eigenvalue weighted by atomic mass is 14.6. The molecule has 0 bridgehead atoms. The van der Waals surface area contributed by atoms with Crippen LogP contribution in [0.25, 0.3) is 0 Å². The zero-order valence-corrected chi connectivity index (χ0v) is 38.4. The second-order valence-electron chi connectivity index (χ2n) is 25.9. The fraction of sp³-hybridized carbons (Fsp3) is 1.00. The maximum absolute atomic E-state index is 1.70. The summed E-state index contributed by atoms with van der Waals surface area (Å²) in [6.45, 7) is 0. The van der Waals surface area contributed by atoms with Crippen LogP contribution in [-0.2, 0) is 0 Å². The van der Waals surface area contributed by atoms with Crippen molar-refractivity contribution in [3.05, 3.63) is 0 Å². The highest BCUT2D eigenvalue weighted by molar-refractivity contribution is 5.06. The number of hydrogen-bond acceptors (Lipinski definition) is 0. The van der Waals surface area contributed by atoms with Gasteiger partial charge in [-0.15, -0.1) is 0 Å². The van der Waals surface area contributed by atoms with Crippen LogP contribution in [0.5, 0.6) is 0 Å². The van der Waals surface area contributed by atoms with Crippen LogP contribution < -0.4 is 0 Å². The summed E-state index contributed by atoms with van der Waals surface area (Å²) in [6, 6.07) is 0. The first-order valence-electron chi connectivity index (χ1n) is 28.7. The molecule has 0 spiro atoms. The summed E-state index contributed by atoms with van der Waals surface area (Å²) in [5.41, 5.74) is 0. The van der Waals surface area contributed by atoms with Crippen molar-refractivity contribution in [2.45, 2.75) is 244 Å². The van der Waals surface area contributed by atoms with Crippen molar-refractivity contribution in [3.63, 3.8) is 0 Å². The molecule has 0 amide bonds. The van der Waals surface area contributed by atoms with E-state index < -0.39 is 0 Å². The van der Waals surface area contributed by atoms with Gasteiger partial charge in [-0.25, -0.2) is 0 Å². The number of fused-ring (bicyclic) bond motifs is 4. The zero-order valence-electron chi connectivity index (χ0n) is 38.4. The van der Waals surface area contributed by atoms with Crippen LogP contribution in [0.2, 0.25) is 0 Å². The first kappa shape index (κ1) is 40.8. The molecule has 16 atom stereocenters. The van der Waals surface area contributed by atoms with Crippen LogP contribution >= 0.6 is 0 Å². The number of rotatable bonds is 6. The molecule has 58 heavy (non-hydrogen) atoms. The van der Waals surface area contributed by atoms with Gasteiger partial charge in [0.15, 0.2) is 0 Å². The minimum absolute atomic E-state index is 1.10. The predicted molar refractivity (Wildman–Crippen MR) is 245 cm³/mol. The lowest BCUT2D eigenvalue weighted by Gasteiger charge is -2.62. The van der Waals surface area contributed by atoms with Crippen molar-refractivity contribution in [1.29, 1.82) is 0 Å². The molecule has 0 heteroatoms. The largest absolute Gasteiger partial charge is 0.0533 e. The fourth-order valence-electron chi connectivity index (χ4n) is 21.3. The predicted octanol–water partition coefficient (Wildman–Crippen LogP) is 17.3. The molecule has 0 N–H and O–H groups in total. The van der Waals surface area contributed by atoms with E-state index in [0.29, 0.717) is 0 Å². The van der Waals surface area contributed by atoms with E-state index in [1.807, 2.05) is 0 Å². The molecule has 11 aliphatic rings. The van der Waals surface area contributed by atoms with E-state index in [0.717, 1.165) is 118 Å². The first-order chi connectivity index (χ1) is 28.7. The Balaban J connectivity index is 0.881. The first-order valence-corrected chi connectivity index (χ1v) is 28.7. The molecule has 328 valence electrons. The summed E-state index contributed by atoms with van der Waals surface area (Å²) in [6.07, 6.45) is 61.4. The van der Waals surface area contributed by atoms with Crippen molar-refractivity contribution in [3.8, 4) is 0 Å². The summed E-state index contributed by atoms with van der Waals surface area (Å²) in [5, 5.41) is 0. The SMILES string of the molecule is C1CCC(C2CC(C3CCC4CCCCC4C3)CC(C3C4CCCCC4C(C4CC(C5CCCCC5)CC(C5CCC6CCCCC6C5)C4)C4CCCCC43)C2)CC1. The second kappa shape index (κ2) is 18.6. The molecule has 16 unspecified atom stereocenters. The van der Waals surface area contributed by atoms with E-state index in [4.69, 9.17) is 0 Å². The Morgan fingerprint density at radius 3 is 0.707 bits per heavy atom. The lowest BCUT2D eigenvalue weighted by molar-refractivity contribution is -0.130. The van der Waals surface area contributed by atoms with Crippen LogP contribution in [0, 0.1) is 118 Å². The highest BCUT2D eigenvalue weighted by Gasteiger charge is 2.57. The van der Waals surface area contributed by atoms with Crippen LogP contribution in [0.4, 0.5) is 0 Å². The summed E-state index contributed by atoms with van der Waals surface area (Å²) in [5.74, 6) is 22.3. The van der Waals surface area contributed by atoms with Crippen molar-refractivity contribution in [2.75, 3.05) is 0 Å². The molecule has 0 nitrogen and oxygen atoms in total. The normalized spacial score (nSPS) is 51.1. The summed E-state index contributed by atoms with van der Waals surface area (Å²) < 4.78 is 0. The van der Waals surface area contributed by atoms with E-state index in [2.05, 4.69) is 0 Å². The third-order valence-electron chi connectivity index (χ3n) is 23.6. The van der Waals surface area contributed by atoms with E-state index in [1.54, 1.807) is 244 Å². The smallest absolute Gasteiger partial charge is 0.0323 e. The lowest BCUT2D eigenvalue weighted by atomic mass is 9.43. The Kier molecular flexibility index (Phi) is 13.1. The minimum Gasteiger partial charge on any atom is -0.0533 e. The summed E-state index contributed by atoms with van der Waals surface area (Å²) in [4.78, 5) is 0. The van der Waals surface area contributed by atoms with Crippen LogP contribution in [-0.4, -0.2) is 0 Å². The molecule has 0 aromatic heterocycles. The Hall–Kier alpha value is 0. The molecule has 0 saturated heterocycles. The molecule has 11 saturated carbocycles. The molecule has 0 heterocycles. The molecule has 11 aliphatic carbocycles. The van der Waals surface area contributed by atoms with Crippen molar-refractivity contribution in [1.82, 2.24) is 0 Å². The number of hydrogen-bond donors (Lipinski definition) is 0. The van der Waals surface area contributed by atoms with Crippen LogP contribution in [0.15, 0.2) is 0 Å². The van der Waals surface area contributed by atoms with E-state index >= 15 is 0 Å². The Bertz CT molecular complexity index is 1160. The topological polar surface area (TPSA) is 0 Å². The molecule has 0 aromatic carbocycles. The monoisotopic (exact) mass is 793 g/mol. The summed E-state index contributed by atoms with van der Waals surface area (Å²) >= 11 is 0. The quantitative estimate of drug-likeness (QED) is 0.251. The third-order valence-corrected chi connectivity index (χ3v) is 23.6. The highest BCUT2D eigenvalue weighted by Crippen LogP contribution is 2.65. The van der Waals surface area contributed by atoms with Gasteiger partial charge in [0.2, 0.25) is 0 Å². The minimum atomic E-state index is 1.10.